The second-order valence-electron chi connectivity index (χ2n) is 7.96. The Morgan fingerprint density at radius 3 is 2.82 bits per heavy atom. The molecule has 0 aliphatic heterocycles. The predicted octanol–water partition coefficient (Wildman–Crippen LogP) is 4.68. The molecule has 2 heterocycles. The second kappa shape index (κ2) is 7.74. The first-order chi connectivity index (χ1) is 13.5. The van der Waals surface area contributed by atoms with Gasteiger partial charge in [0.25, 0.3) is 5.91 Å². The van der Waals surface area contributed by atoms with Gasteiger partial charge in [-0.1, -0.05) is 25.8 Å². The summed E-state index contributed by atoms with van der Waals surface area (Å²) in [6, 6.07) is 10.8. The van der Waals surface area contributed by atoms with E-state index in [2.05, 4.69) is 17.3 Å². The van der Waals surface area contributed by atoms with Crippen LogP contribution in [0.2, 0.25) is 0 Å². The third-order valence-electron chi connectivity index (χ3n) is 5.96. The molecule has 0 saturated heterocycles. The van der Waals surface area contributed by atoms with E-state index < -0.39 is 0 Å². The van der Waals surface area contributed by atoms with E-state index in [0.29, 0.717) is 18.0 Å². The quantitative estimate of drug-likeness (QED) is 0.715. The minimum absolute atomic E-state index is 0.0745. The van der Waals surface area contributed by atoms with E-state index >= 15 is 0 Å². The molecular formula is C23H26FN3O. The van der Waals surface area contributed by atoms with Crippen LogP contribution in [0.15, 0.2) is 42.6 Å². The first kappa shape index (κ1) is 18.7. The number of hydrogen-bond acceptors (Lipinski definition) is 2. The predicted molar refractivity (Wildman–Crippen MR) is 108 cm³/mol. The summed E-state index contributed by atoms with van der Waals surface area (Å²) in [6.45, 7) is 4.12. The van der Waals surface area contributed by atoms with Gasteiger partial charge in [0.1, 0.15) is 11.5 Å². The van der Waals surface area contributed by atoms with Gasteiger partial charge in [0.2, 0.25) is 0 Å². The summed E-state index contributed by atoms with van der Waals surface area (Å²) in [6.07, 6.45) is 6.93. The van der Waals surface area contributed by atoms with Crippen LogP contribution in [0.3, 0.4) is 0 Å². The van der Waals surface area contributed by atoms with Crippen molar-refractivity contribution >= 4 is 11.4 Å². The number of aryl methyl sites for hydroxylation is 1. The van der Waals surface area contributed by atoms with Crippen LogP contribution in [-0.2, 0) is 6.42 Å². The van der Waals surface area contributed by atoms with Crippen molar-refractivity contribution in [2.75, 3.05) is 0 Å². The number of nitrogens with one attached hydrogen (secondary N) is 1. The molecule has 1 N–H and O–H groups in total. The van der Waals surface area contributed by atoms with Crippen molar-refractivity contribution in [1.29, 1.82) is 0 Å². The number of carbonyl (C=O) groups is 1. The molecule has 0 spiro atoms. The number of aromatic nitrogens is 2. The average molecular weight is 379 g/mol. The molecule has 28 heavy (non-hydrogen) atoms. The van der Waals surface area contributed by atoms with Gasteiger partial charge in [0.05, 0.1) is 5.52 Å². The Bertz CT molecular complexity index is 1010. The molecule has 1 amide bonds. The smallest absolute Gasteiger partial charge is 0.270 e. The van der Waals surface area contributed by atoms with Crippen LogP contribution in [0.4, 0.5) is 4.39 Å². The fourth-order valence-corrected chi connectivity index (χ4v) is 4.25. The van der Waals surface area contributed by atoms with Gasteiger partial charge in [-0.05, 0) is 79.1 Å². The third kappa shape index (κ3) is 3.66. The molecule has 0 bridgehead atoms. The Hall–Kier alpha value is -2.69. The Labute approximate surface area is 164 Å². The van der Waals surface area contributed by atoms with Gasteiger partial charge in [-0.3, -0.25) is 4.79 Å². The highest BCUT2D eigenvalue weighted by molar-refractivity contribution is 5.94. The molecule has 1 fully saturated rings. The minimum atomic E-state index is -0.230. The maximum Gasteiger partial charge on any atom is 0.270 e. The molecule has 2 aromatic heterocycles. The lowest BCUT2D eigenvalue weighted by molar-refractivity contribution is 0.0903. The largest absolute Gasteiger partial charge is 0.348 e. The van der Waals surface area contributed by atoms with Gasteiger partial charge in [-0.25, -0.2) is 8.91 Å². The van der Waals surface area contributed by atoms with Crippen molar-refractivity contribution in [3.63, 3.8) is 0 Å². The standard InChI is InChI=1S/C23H26FN3O/c1-15-6-3-4-7-20(15)26-23(28)22-14-18(21-8-5-11-25-27(21)22)13-17-9-10-19(24)12-16(17)2/h5,8-12,14-15,20H,3-4,6-7,13H2,1-2H3,(H,26,28)/t15-,20-/m0/s1. The van der Waals surface area contributed by atoms with Gasteiger partial charge < -0.3 is 5.32 Å². The van der Waals surface area contributed by atoms with E-state index in [0.717, 1.165) is 41.5 Å². The van der Waals surface area contributed by atoms with Crippen molar-refractivity contribution in [2.45, 2.75) is 52.0 Å². The molecule has 1 aliphatic carbocycles. The number of carbonyl (C=O) groups excluding carboxylic acids is 1. The Balaban J connectivity index is 1.65. The van der Waals surface area contributed by atoms with Gasteiger partial charge in [0, 0.05) is 12.2 Å². The number of rotatable bonds is 4. The zero-order valence-electron chi connectivity index (χ0n) is 16.4. The third-order valence-corrected chi connectivity index (χ3v) is 5.96. The average Bonchev–Trinajstić information content (AvgIpc) is 3.05. The van der Waals surface area contributed by atoms with Gasteiger partial charge in [-0.15, -0.1) is 0 Å². The van der Waals surface area contributed by atoms with Crippen molar-refractivity contribution in [1.82, 2.24) is 14.9 Å². The Morgan fingerprint density at radius 2 is 2.04 bits per heavy atom. The van der Waals surface area contributed by atoms with Crippen LogP contribution >= 0.6 is 0 Å². The van der Waals surface area contributed by atoms with Gasteiger partial charge in [0.15, 0.2) is 0 Å². The van der Waals surface area contributed by atoms with E-state index in [1.165, 1.54) is 12.5 Å². The highest BCUT2D eigenvalue weighted by Crippen LogP contribution is 2.25. The summed E-state index contributed by atoms with van der Waals surface area (Å²) in [5.74, 6) is 0.194. The highest BCUT2D eigenvalue weighted by atomic mass is 19.1. The van der Waals surface area contributed by atoms with Crippen LogP contribution in [0.1, 0.15) is 59.8 Å². The summed E-state index contributed by atoms with van der Waals surface area (Å²) in [5.41, 5.74) is 4.44. The lowest BCUT2D eigenvalue weighted by Crippen LogP contribution is -2.41. The molecule has 4 nitrogen and oxygen atoms in total. The van der Waals surface area contributed by atoms with Crippen molar-refractivity contribution in [2.24, 2.45) is 5.92 Å². The summed E-state index contributed by atoms with van der Waals surface area (Å²) < 4.78 is 15.2. The van der Waals surface area contributed by atoms with Crippen LogP contribution in [0.5, 0.6) is 0 Å². The SMILES string of the molecule is Cc1cc(F)ccc1Cc1cc(C(=O)N[C@H]2CCCC[C@@H]2C)n2ncccc12. The molecule has 1 aliphatic rings. The van der Waals surface area contributed by atoms with E-state index in [1.807, 2.05) is 31.2 Å². The monoisotopic (exact) mass is 379 g/mol. The molecule has 5 heteroatoms. The zero-order chi connectivity index (χ0) is 19.7. The summed E-state index contributed by atoms with van der Waals surface area (Å²) in [7, 11) is 0. The molecule has 1 aromatic carbocycles. The maximum absolute atomic E-state index is 13.4. The number of halogens is 1. The van der Waals surface area contributed by atoms with E-state index in [-0.39, 0.29) is 17.8 Å². The van der Waals surface area contributed by atoms with E-state index in [1.54, 1.807) is 16.8 Å². The van der Waals surface area contributed by atoms with Crippen LogP contribution in [0, 0.1) is 18.7 Å². The van der Waals surface area contributed by atoms with E-state index in [4.69, 9.17) is 0 Å². The van der Waals surface area contributed by atoms with Crippen molar-refractivity contribution in [3.05, 3.63) is 70.8 Å². The minimum Gasteiger partial charge on any atom is -0.348 e. The fourth-order valence-electron chi connectivity index (χ4n) is 4.25. The van der Waals surface area contributed by atoms with Crippen LogP contribution < -0.4 is 5.32 Å². The molecule has 2 atom stereocenters. The zero-order valence-corrected chi connectivity index (χ0v) is 16.4. The Kier molecular flexibility index (Phi) is 5.16. The van der Waals surface area contributed by atoms with E-state index in [9.17, 15) is 9.18 Å². The first-order valence-electron chi connectivity index (χ1n) is 10.0. The number of fused-ring (bicyclic) bond motifs is 1. The molecule has 0 unspecified atom stereocenters. The topological polar surface area (TPSA) is 46.4 Å². The molecular weight excluding hydrogens is 353 g/mol. The molecule has 146 valence electrons. The van der Waals surface area contributed by atoms with Gasteiger partial charge >= 0.3 is 0 Å². The number of nitrogens with zero attached hydrogens (tertiary/aromatic N) is 2. The maximum atomic E-state index is 13.4. The summed E-state index contributed by atoms with van der Waals surface area (Å²) >= 11 is 0. The van der Waals surface area contributed by atoms with Crippen LogP contribution in [-0.4, -0.2) is 21.6 Å². The fraction of sp³-hybridized carbons (Fsp3) is 0.391. The number of amides is 1. The van der Waals surface area contributed by atoms with Crippen molar-refractivity contribution in [3.8, 4) is 0 Å². The molecule has 0 radical (unpaired) electrons. The first-order valence-corrected chi connectivity index (χ1v) is 10.0. The second-order valence-corrected chi connectivity index (χ2v) is 7.96. The number of benzene rings is 1. The normalized spacial score (nSPS) is 19.7. The molecule has 3 aromatic rings. The summed E-state index contributed by atoms with van der Waals surface area (Å²) in [4.78, 5) is 13.0. The lowest BCUT2D eigenvalue weighted by atomic mass is 9.86. The molecule has 1 saturated carbocycles. The Morgan fingerprint density at radius 1 is 1.21 bits per heavy atom. The highest BCUT2D eigenvalue weighted by Gasteiger charge is 2.25. The number of hydrogen-bond donors (Lipinski definition) is 1. The lowest BCUT2D eigenvalue weighted by Gasteiger charge is -2.29. The summed E-state index contributed by atoms with van der Waals surface area (Å²) in [5, 5.41) is 7.63. The van der Waals surface area contributed by atoms with Crippen LogP contribution in [0.25, 0.3) is 5.52 Å². The van der Waals surface area contributed by atoms with Gasteiger partial charge in [-0.2, -0.15) is 5.10 Å². The van der Waals surface area contributed by atoms with Crippen molar-refractivity contribution < 1.29 is 9.18 Å². The molecule has 4 rings (SSSR count).